The van der Waals surface area contributed by atoms with Crippen molar-refractivity contribution < 1.29 is 4.79 Å². The summed E-state index contributed by atoms with van der Waals surface area (Å²) in [5, 5.41) is 9.28. The van der Waals surface area contributed by atoms with E-state index in [-0.39, 0.29) is 5.91 Å². The highest BCUT2D eigenvalue weighted by Gasteiger charge is 2.21. The molecular formula is C22H22Cl3N3O. The molecule has 29 heavy (non-hydrogen) atoms. The number of halogens is 3. The zero-order valence-corrected chi connectivity index (χ0v) is 18.7. The van der Waals surface area contributed by atoms with Crippen molar-refractivity contribution >= 4 is 40.7 Å². The maximum Gasteiger partial charge on any atom is 0.225 e. The second-order valence-electron chi connectivity index (χ2n) is 7.87. The quantitative estimate of drug-likeness (QED) is 0.501. The van der Waals surface area contributed by atoms with Gasteiger partial charge in [0.2, 0.25) is 5.91 Å². The van der Waals surface area contributed by atoms with Crippen LogP contribution in [0.2, 0.25) is 15.1 Å². The first-order chi connectivity index (χ1) is 13.6. The average molecular weight is 451 g/mol. The van der Waals surface area contributed by atoms with Crippen LogP contribution >= 0.6 is 34.8 Å². The largest absolute Gasteiger partial charge is 0.350 e. The summed E-state index contributed by atoms with van der Waals surface area (Å²) in [7, 11) is 0. The fourth-order valence-electron chi connectivity index (χ4n) is 2.81. The Bertz CT molecular complexity index is 1040. The third-order valence-corrected chi connectivity index (χ3v) is 5.35. The first-order valence-electron chi connectivity index (χ1n) is 9.18. The van der Waals surface area contributed by atoms with Crippen LogP contribution < -0.4 is 5.32 Å². The van der Waals surface area contributed by atoms with Crippen LogP contribution in [0.4, 0.5) is 0 Å². The minimum atomic E-state index is -0.462. The van der Waals surface area contributed by atoms with Gasteiger partial charge in [-0.05, 0) is 35.9 Å². The van der Waals surface area contributed by atoms with Crippen molar-refractivity contribution in [2.75, 3.05) is 0 Å². The van der Waals surface area contributed by atoms with Gasteiger partial charge in [-0.2, -0.15) is 5.10 Å². The zero-order valence-electron chi connectivity index (χ0n) is 16.5. The van der Waals surface area contributed by atoms with E-state index in [1.807, 2.05) is 67.9 Å². The number of amides is 1. The Morgan fingerprint density at radius 2 is 1.79 bits per heavy atom. The Morgan fingerprint density at radius 1 is 1.03 bits per heavy atom. The lowest BCUT2D eigenvalue weighted by atomic mass is 9.96. The van der Waals surface area contributed by atoms with Crippen molar-refractivity contribution in [3.8, 4) is 11.3 Å². The van der Waals surface area contributed by atoms with Gasteiger partial charge in [0, 0.05) is 16.0 Å². The number of hydrogen-bond donors (Lipinski definition) is 1. The molecule has 0 spiro atoms. The molecule has 0 fully saturated rings. The summed E-state index contributed by atoms with van der Waals surface area (Å²) in [6, 6.07) is 15.1. The number of carbonyl (C=O) groups excluding carboxylic acids is 1. The fraction of sp³-hybridized carbons (Fsp3) is 0.273. The van der Waals surface area contributed by atoms with Crippen LogP contribution in [0.1, 0.15) is 32.0 Å². The third kappa shape index (κ3) is 5.53. The molecule has 2 aromatic carbocycles. The molecule has 0 saturated heterocycles. The van der Waals surface area contributed by atoms with Gasteiger partial charge in [0.15, 0.2) is 0 Å². The SMILES string of the molecule is CC(C)(C)C(=O)NCc1cc(-c2ccc(Cl)c(Cl)c2)n(Cc2cccc(Cl)c2)n1. The van der Waals surface area contributed by atoms with Gasteiger partial charge in [0.05, 0.1) is 34.5 Å². The molecule has 0 aliphatic carbocycles. The van der Waals surface area contributed by atoms with Gasteiger partial charge >= 0.3 is 0 Å². The molecule has 3 aromatic rings. The molecule has 0 unspecified atom stereocenters. The molecular weight excluding hydrogens is 429 g/mol. The Hall–Kier alpha value is -2.01. The molecule has 0 radical (unpaired) electrons. The van der Waals surface area contributed by atoms with E-state index in [4.69, 9.17) is 39.9 Å². The highest BCUT2D eigenvalue weighted by Crippen LogP contribution is 2.29. The van der Waals surface area contributed by atoms with Crippen LogP contribution in [-0.2, 0) is 17.9 Å². The topological polar surface area (TPSA) is 46.9 Å². The molecule has 0 saturated carbocycles. The zero-order chi connectivity index (χ0) is 21.2. The summed E-state index contributed by atoms with van der Waals surface area (Å²) in [6.07, 6.45) is 0. The van der Waals surface area contributed by atoms with E-state index in [0.29, 0.717) is 28.2 Å². The average Bonchev–Trinajstić information content (AvgIpc) is 3.04. The predicted molar refractivity (Wildman–Crippen MR) is 120 cm³/mol. The summed E-state index contributed by atoms with van der Waals surface area (Å²) in [6.45, 7) is 6.50. The summed E-state index contributed by atoms with van der Waals surface area (Å²) >= 11 is 18.4. The minimum absolute atomic E-state index is 0.0296. The van der Waals surface area contributed by atoms with Crippen molar-refractivity contribution in [2.45, 2.75) is 33.9 Å². The normalized spacial score (nSPS) is 11.5. The van der Waals surface area contributed by atoms with Crippen LogP contribution in [0.3, 0.4) is 0 Å². The standard InChI is InChI=1S/C22H22Cl3N3O/c1-22(2,3)21(29)26-12-17-11-20(15-7-8-18(24)19(25)10-15)28(27-17)13-14-5-4-6-16(23)9-14/h4-11H,12-13H2,1-3H3,(H,26,29). The monoisotopic (exact) mass is 449 g/mol. The molecule has 152 valence electrons. The molecule has 0 bridgehead atoms. The number of hydrogen-bond acceptors (Lipinski definition) is 2. The van der Waals surface area contributed by atoms with Crippen LogP contribution in [0, 0.1) is 5.41 Å². The van der Waals surface area contributed by atoms with E-state index < -0.39 is 5.41 Å². The van der Waals surface area contributed by atoms with E-state index in [2.05, 4.69) is 5.32 Å². The number of nitrogens with one attached hydrogen (secondary N) is 1. The lowest BCUT2D eigenvalue weighted by Gasteiger charge is -2.16. The molecule has 1 aromatic heterocycles. The van der Waals surface area contributed by atoms with Gasteiger partial charge in [-0.25, -0.2) is 0 Å². The van der Waals surface area contributed by atoms with E-state index in [0.717, 1.165) is 22.5 Å². The summed E-state index contributed by atoms with van der Waals surface area (Å²) in [5.74, 6) is -0.0296. The summed E-state index contributed by atoms with van der Waals surface area (Å²) in [5.41, 5.74) is 3.08. The third-order valence-electron chi connectivity index (χ3n) is 4.38. The van der Waals surface area contributed by atoms with Gasteiger partial charge in [-0.3, -0.25) is 9.48 Å². The van der Waals surface area contributed by atoms with Crippen molar-refractivity contribution in [1.82, 2.24) is 15.1 Å². The summed E-state index contributed by atoms with van der Waals surface area (Å²) < 4.78 is 1.88. The molecule has 1 amide bonds. The van der Waals surface area contributed by atoms with Crippen LogP contribution in [0.25, 0.3) is 11.3 Å². The van der Waals surface area contributed by atoms with E-state index in [9.17, 15) is 4.79 Å². The van der Waals surface area contributed by atoms with E-state index >= 15 is 0 Å². The molecule has 3 rings (SSSR count). The van der Waals surface area contributed by atoms with Crippen LogP contribution in [0.15, 0.2) is 48.5 Å². The number of nitrogens with zero attached hydrogens (tertiary/aromatic N) is 2. The lowest BCUT2D eigenvalue weighted by Crippen LogP contribution is -2.34. The van der Waals surface area contributed by atoms with Crippen LogP contribution in [-0.4, -0.2) is 15.7 Å². The van der Waals surface area contributed by atoms with Gasteiger partial charge in [0.25, 0.3) is 0 Å². The van der Waals surface area contributed by atoms with Crippen molar-refractivity contribution in [3.63, 3.8) is 0 Å². The number of benzene rings is 2. The molecule has 0 atom stereocenters. The molecule has 1 N–H and O–H groups in total. The Kier molecular flexibility index (Phi) is 6.57. The van der Waals surface area contributed by atoms with Crippen molar-refractivity contribution in [1.29, 1.82) is 0 Å². The van der Waals surface area contributed by atoms with Gasteiger partial charge < -0.3 is 5.32 Å². The molecule has 4 nitrogen and oxygen atoms in total. The van der Waals surface area contributed by atoms with Crippen LogP contribution in [0.5, 0.6) is 0 Å². The molecule has 1 heterocycles. The Morgan fingerprint density at radius 3 is 2.45 bits per heavy atom. The second kappa shape index (κ2) is 8.78. The van der Waals surface area contributed by atoms with Gasteiger partial charge in [-0.15, -0.1) is 0 Å². The Labute approximate surface area is 185 Å². The molecule has 7 heteroatoms. The number of aromatic nitrogens is 2. The maximum atomic E-state index is 12.2. The predicted octanol–water partition coefficient (Wildman–Crippen LogP) is 6.22. The van der Waals surface area contributed by atoms with Gasteiger partial charge in [0.1, 0.15) is 0 Å². The highest BCUT2D eigenvalue weighted by atomic mass is 35.5. The number of rotatable bonds is 5. The smallest absolute Gasteiger partial charge is 0.225 e. The minimum Gasteiger partial charge on any atom is -0.350 e. The van der Waals surface area contributed by atoms with E-state index in [1.54, 1.807) is 6.07 Å². The highest BCUT2D eigenvalue weighted by molar-refractivity contribution is 6.42. The molecule has 0 aliphatic rings. The lowest BCUT2D eigenvalue weighted by molar-refractivity contribution is -0.128. The fourth-order valence-corrected chi connectivity index (χ4v) is 3.32. The van der Waals surface area contributed by atoms with Crippen molar-refractivity contribution in [2.24, 2.45) is 5.41 Å². The number of carbonyl (C=O) groups is 1. The van der Waals surface area contributed by atoms with Crippen molar-refractivity contribution in [3.05, 3.63) is 74.9 Å². The maximum absolute atomic E-state index is 12.2. The first-order valence-corrected chi connectivity index (χ1v) is 10.3. The molecule has 0 aliphatic heterocycles. The summed E-state index contributed by atoms with van der Waals surface area (Å²) in [4.78, 5) is 12.2. The van der Waals surface area contributed by atoms with E-state index in [1.165, 1.54) is 0 Å². The first kappa shape index (κ1) is 21.7. The second-order valence-corrected chi connectivity index (χ2v) is 9.12. The Balaban J connectivity index is 1.94. The van der Waals surface area contributed by atoms with Gasteiger partial charge in [-0.1, -0.05) is 73.8 Å².